The Kier molecular flexibility index (Phi) is 2.92. The van der Waals surface area contributed by atoms with Crippen LogP contribution >= 0.6 is 0 Å². The molecule has 0 aromatic carbocycles. The first-order valence-electron chi connectivity index (χ1n) is 8.24. The minimum absolute atomic E-state index is 0.659. The summed E-state index contributed by atoms with van der Waals surface area (Å²) in [7, 11) is 0. The lowest BCUT2D eigenvalue weighted by molar-refractivity contribution is 0.00267. The van der Waals surface area contributed by atoms with E-state index in [1.165, 1.54) is 58.0 Å². The van der Waals surface area contributed by atoms with Crippen molar-refractivity contribution in [3.63, 3.8) is 0 Å². The van der Waals surface area contributed by atoms with Gasteiger partial charge in [-0.3, -0.25) is 4.90 Å². The van der Waals surface area contributed by atoms with Gasteiger partial charge in [-0.15, -0.1) is 0 Å². The minimum Gasteiger partial charge on any atom is -0.379 e. The topological polar surface area (TPSA) is 12.5 Å². The van der Waals surface area contributed by atoms with Gasteiger partial charge < -0.3 is 4.74 Å². The van der Waals surface area contributed by atoms with Gasteiger partial charge >= 0.3 is 0 Å². The van der Waals surface area contributed by atoms with Crippen LogP contribution in [0, 0.1) is 17.8 Å². The van der Waals surface area contributed by atoms with Gasteiger partial charge in [0.15, 0.2) is 0 Å². The van der Waals surface area contributed by atoms with E-state index in [0.29, 0.717) is 5.54 Å². The maximum Gasteiger partial charge on any atom is 0.0594 e. The highest BCUT2D eigenvalue weighted by Gasteiger charge is 2.68. The summed E-state index contributed by atoms with van der Waals surface area (Å²) in [5.41, 5.74) is 0.659. The highest BCUT2D eigenvalue weighted by Crippen LogP contribution is 2.67. The van der Waals surface area contributed by atoms with Crippen LogP contribution in [0.3, 0.4) is 0 Å². The highest BCUT2D eigenvalue weighted by atomic mass is 16.5. The van der Waals surface area contributed by atoms with Gasteiger partial charge in [0.2, 0.25) is 0 Å². The molecular weight excluding hydrogens is 222 g/mol. The third-order valence-corrected chi connectivity index (χ3v) is 6.41. The van der Waals surface area contributed by atoms with Crippen molar-refractivity contribution in [3.05, 3.63) is 0 Å². The zero-order valence-corrected chi connectivity index (χ0v) is 11.6. The molecule has 0 N–H and O–H groups in total. The maximum absolute atomic E-state index is 5.55. The van der Waals surface area contributed by atoms with E-state index in [1.807, 2.05) is 0 Å². The van der Waals surface area contributed by atoms with E-state index < -0.39 is 0 Å². The molecule has 0 radical (unpaired) electrons. The van der Waals surface area contributed by atoms with Crippen LogP contribution in [0.1, 0.15) is 51.4 Å². The Hall–Kier alpha value is -0.0800. The summed E-state index contributed by atoms with van der Waals surface area (Å²) in [5, 5.41) is 0. The van der Waals surface area contributed by atoms with Crippen molar-refractivity contribution in [2.45, 2.75) is 56.9 Å². The Labute approximate surface area is 111 Å². The van der Waals surface area contributed by atoms with Crippen LogP contribution in [0.2, 0.25) is 0 Å². The fourth-order valence-electron chi connectivity index (χ4n) is 5.60. The molecule has 0 unspecified atom stereocenters. The maximum atomic E-state index is 5.55. The summed E-state index contributed by atoms with van der Waals surface area (Å²) in [4.78, 5) is 2.83. The summed E-state index contributed by atoms with van der Waals surface area (Å²) < 4.78 is 5.55. The Morgan fingerprint density at radius 2 is 1.78 bits per heavy atom. The number of morpholine rings is 1. The molecular formula is C16H27NO. The lowest BCUT2D eigenvalue weighted by Gasteiger charge is -2.35. The zero-order valence-electron chi connectivity index (χ0n) is 11.6. The lowest BCUT2D eigenvalue weighted by Crippen LogP contribution is -2.46. The summed E-state index contributed by atoms with van der Waals surface area (Å²) in [6.45, 7) is 4.37. The molecule has 0 bridgehead atoms. The van der Waals surface area contributed by atoms with Crippen LogP contribution in [0.5, 0.6) is 0 Å². The molecule has 3 saturated carbocycles. The van der Waals surface area contributed by atoms with Crippen molar-refractivity contribution in [3.8, 4) is 0 Å². The van der Waals surface area contributed by atoms with Crippen molar-refractivity contribution >= 4 is 0 Å². The summed E-state index contributed by atoms with van der Waals surface area (Å²) in [6, 6.07) is 0. The predicted molar refractivity (Wildman–Crippen MR) is 72.5 cm³/mol. The molecule has 0 spiro atoms. The molecule has 1 heterocycles. The van der Waals surface area contributed by atoms with Crippen molar-refractivity contribution in [1.29, 1.82) is 0 Å². The zero-order chi connectivity index (χ0) is 12.0. The summed E-state index contributed by atoms with van der Waals surface area (Å²) >= 11 is 0. The second-order valence-corrected chi connectivity index (χ2v) is 7.08. The SMILES string of the molecule is C1CCC(C[C@H]2[C@@H]3CCC[C@@]32N2CCOCC2)C1. The third-order valence-electron chi connectivity index (χ3n) is 6.41. The summed E-state index contributed by atoms with van der Waals surface area (Å²) in [5.74, 6) is 3.21. The van der Waals surface area contributed by atoms with Gasteiger partial charge in [-0.1, -0.05) is 32.1 Å². The van der Waals surface area contributed by atoms with Gasteiger partial charge in [0.25, 0.3) is 0 Å². The molecule has 2 heteroatoms. The van der Waals surface area contributed by atoms with Crippen LogP contribution in [0.25, 0.3) is 0 Å². The molecule has 1 aliphatic heterocycles. The van der Waals surface area contributed by atoms with Crippen LogP contribution in [0.15, 0.2) is 0 Å². The Morgan fingerprint density at radius 3 is 2.56 bits per heavy atom. The Morgan fingerprint density at radius 1 is 1.00 bits per heavy atom. The van der Waals surface area contributed by atoms with Crippen molar-refractivity contribution in [2.24, 2.45) is 17.8 Å². The molecule has 18 heavy (non-hydrogen) atoms. The number of fused-ring (bicyclic) bond motifs is 1. The van der Waals surface area contributed by atoms with Crippen LogP contribution in [0.4, 0.5) is 0 Å². The lowest BCUT2D eigenvalue weighted by atomic mass is 9.94. The standard InChI is InChI=1S/C16H27NO/c1-2-5-13(4-1)12-15-14-6-3-7-16(14,15)17-8-10-18-11-9-17/h13-15H,1-12H2/t14-,15-,16+/m0/s1. The van der Waals surface area contributed by atoms with E-state index in [1.54, 1.807) is 6.42 Å². The van der Waals surface area contributed by atoms with Crippen molar-refractivity contribution in [2.75, 3.05) is 26.3 Å². The van der Waals surface area contributed by atoms with Gasteiger partial charge in [0.1, 0.15) is 0 Å². The van der Waals surface area contributed by atoms with Crippen LogP contribution < -0.4 is 0 Å². The fraction of sp³-hybridized carbons (Fsp3) is 1.00. The molecule has 1 saturated heterocycles. The highest BCUT2D eigenvalue weighted by molar-refractivity contribution is 5.22. The van der Waals surface area contributed by atoms with Crippen molar-refractivity contribution < 1.29 is 4.74 Å². The van der Waals surface area contributed by atoms with E-state index in [9.17, 15) is 0 Å². The first-order chi connectivity index (χ1) is 8.91. The van der Waals surface area contributed by atoms with Crippen LogP contribution in [-0.4, -0.2) is 36.7 Å². The third kappa shape index (κ3) is 1.68. The van der Waals surface area contributed by atoms with E-state index in [4.69, 9.17) is 4.74 Å². The van der Waals surface area contributed by atoms with E-state index in [-0.39, 0.29) is 0 Å². The normalized spacial score (nSPS) is 45.3. The summed E-state index contributed by atoms with van der Waals surface area (Å²) in [6.07, 6.45) is 12.1. The average molecular weight is 249 g/mol. The number of rotatable bonds is 3. The van der Waals surface area contributed by atoms with Crippen molar-refractivity contribution in [1.82, 2.24) is 4.90 Å². The molecule has 3 aliphatic carbocycles. The van der Waals surface area contributed by atoms with Gasteiger partial charge in [0, 0.05) is 18.6 Å². The minimum atomic E-state index is 0.659. The number of ether oxygens (including phenoxy) is 1. The molecule has 4 aliphatic rings. The number of hydrogen-bond acceptors (Lipinski definition) is 2. The molecule has 0 amide bonds. The first kappa shape index (κ1) is 11.7. The molecule has 4 fully saturated rings. The molecule has 3 atom stereocenters. The predicted octanol–water partition coefficient (Wildman–Crippen LogP) is 3.07. The van der Waals surface area contributed by atoms with E-state index in [0.717, 1.165) is 31.0 Å². The molecule has 102 valence electrons. The molecule has 4 rings (SSSR count). The first-order valence-corrected chi connectivity index (χ1v) is 8.24. The number of nitrogens with zero attached hydrogens (tertiary/aromatic N) is 1. The fourth-order valence-corrected chi connectivity index (χ4v) is 5.60. The number of hydrogen-bond donors (Lipinski definition) is 0. The second kappa shape index (κ2) is 4.49. The molecule has 0 aromatic heterocycles. The average Bonchev–Trinajstić information content (AvgIpc) is 2.86. The molecule has 2 nitrogen and oxygen atoms in total. The quantitative estimate of drug-likeness (QED) is 0.762. The monoisotopic (exact) mass is 249 g/mol. The van der Waals surface area contributed by atoms with E-state index >= 15 is 0 Å². The molecule has 0 aromatic rings. The van der Waals surface area contributed by atoms with Crippen LogP contribution in [-0.2, 0) is 4.74 Å². The van der Waals surface area contributed by atoms with Gasteiger partial charge in [0.05, 0.1) is 13.2 Å². The second-order valence-electron chi connectivity index (χ2n) is 7.08. The van der Waals surface area contributed by atoms with E-state index in [2.05, 4.69) is 4.90 Å². The smallest absolute Gasteiger partial charge is 0.0594 e. The Balaban J connectivity index is 1.45. The Bertz CT molecular complexity index is 306. The largest absolute Gasteiger partial charge is 0.379 e. The van der Waals surface area contributed by atoms with Gasteiger partial charge in [-0.2, -0.15) is 0 Å². The van der Waals surface area contributed by atoms with Gasteiger partial charge in [-0.05, 0) is 37.0 Å². The van der Waals surface area contributed by atoms with Gasteiger partial charge in [-0.25, -0.2) is 0 Å².